The molecule has 0 aliphatic carbocycles. The van der Waals surface area contributed by atoms with Crippen LogP contribution in [0.25, 0.3) is 0 Å². The number of hydrogen-bond donors (Lipinski definition) is 1. The van der Waals surface area contributed by atoms with Crippen LogP contribution in [0, 0.1) is 6.92 Å². The molecule has 0 amide bonds. The Kier molecular flexibility index (Phi) is 4.15. The van der Waals surface area contributed by atoms with Crippen LogP contribution in [-0.2, 0) is 13.7 Å². The number of hydrogen-bond acceptors (Lipinski definition) is 4. The number of benzene rings is 1. The monoisotopic (exact) mass is 315 g/mol. The Morgan fingerprint density at radius 2 is 2.10 bits per heavy atom. The van der Waals surface area contributed by atoms with Crippen molar-refractivity contribution in [1.29, 1.82) is 0 Å². The van der Waals surface area contributed by atoms with Crippen molar-refractivity contribution in [3.05, 3.63) is 39.4 Å². The smallest absolute Gasteiger partial charge is 0.339 e. The van der Waals surface area contributed by atoms with Gasteiger partial charge in [0.05, 0.1) is 5.02 Å². The zero-order valence-electron chi connectivity index (χ0n) is 10.7. The van der Waals surface area contributed by atoms with Crippen LogP contribution in [0.4, 0.5) is 0 Å². The van der Waals surface area contributed by atoms with Crippen molar-refractivity contribution in [2.24, 2.45) is 7.05 Å². The molecule has 2 aromatic rings. The molecule has 0 fully saturated rings. The van der Waals surface area contributed by atoms with Crippen LogP contribution in [0.2, 0.25) is 10.0 Å². The van der Waals surface area contributed by atoms with Crippen LogP contribution in [0.1, 0.15) is 22.0 Å². The molecule has 1 heterocycles. The molecular weight excluding hydrogens is 305 g/mol. The van der Waals surface area contributed by atoms with Crippen molar-refractivity contribution >= 4 is 29.2 Å². The van der Waals surface area contributed by atoms with Crippen molar-refractivity contribution in [2.45, 2.75) is 13.5 Å². The van der Waals surface area contributed by atoms with Gasteiger partial charge < -0.3 is 14.4 Å². The van der Waals surface area contributed by atoms with Gasteiger partial charge in [-0.15, -0.1) is 10.2 Å². The SMILES string of the molecule is Cc1nnc(COc2c(Cl)cc(Cl)cc2C(=O)O)n1C. The highest BCUT2D eigenvalue weighted by Gasteiger charge is 2.17. The minimum absolute atomic E-state index is 0.0545. The second kappa shape index (κ2) is 5.68. The van der Waals surface area contributed by atoms with Crippen molar-refractivity contribution in [3.63, 3.8) is 0 Å². The maximum absolute atomic E-state index is 11.2. The van der Waals surface area contributed by atoms with E-state index in [4.69, 9.17) is 33.0 Å². The average molecular weight is 316 g/mol. The van der Waals surface area contributed by atoms with Crippen molar-refractivity contribution in [2.75, 3.05) is 0 Å². The van der Waals surface area contributed by atoms with E-state index >= 15 is 0 Å². The van der Waals surface area contributed by atoms with Crippen molar-refractivity contribution in [3.8, 4) is 5.75 Å². The lowest BCUT2D eigenvalue weighted by Gasteiger charge is -2.11. The first-order valence-corrected chi connectivity index (χ1v) is 6.35. The summed E-state index contributed by atoms with van der Waals surface area (Å²) in [6, 6.07) is 2.71. The molecule has 0 saturated heterocycles. The van der Waals surface area contributed by atoms with E-state index in [1.54, 1.807) is 18.5 Å². The number of ether oxygens (including phenoxy) is 1. The van der Waals surface area contributed by atoms with Gasteiger partial charge in [0.2, 0.25) is 0 Å². The fourth-order valence-corrected chi connectivity index (χ4v) is 2.13. The van der Waals surface area contributed by atoms with E-state index in [0.29, 0.717) is 5.82 Å². The van der Waals surface area contributed by atoms with Gasteiger partial charge in [0.15, 0.2) is 11.6 Å². The third-order valence-electron chi connectivity index (χ3n) is 2.77. The number of rotatable bonds is 4. The van der Waals surface area contributed by atoms with Gasteiger partial charge in [0.1, 0.15) is 18.0 Å². The summed E-state index contributed by atoms with van der Waals surface area (Å²) >= 11 is 11.8. The highest BCUT2D eigenvalue weighted by atomic mass is 35.5. The summed E-state index contributed by atoms with van der Waals surface area (Å²) in [7, 11) is 1.79. The Morgan fingerprint density at radius 3 is 2.65 bits per heavy atom. The Balaban J connectivity index is 2.29. The zero-order valence-corrected chi connectivity index (χ0v) is 12.2. The number of carboxylic acids is 1. The van der Waals surface area contributed by atoms with E-state index in [0.717, 1.165) is 5.82 Å². The highest BCUT2D eigenvalue weighted by molar-refractivity contribution is 6.36. The molecule has 2 rings (SSSR count). The molecule has 8 heteroatoms. The molecule has 1 aromatic heterocycles. The Morgan fingerprint density at radius 1 is 1.40 bits per heavy atom. The van der Waals surface area contributed by atoms with E-state index in [2.05, 4.69) is 10.2 Å². The average Bonchev–Trinajstić information content (AvgIpc) is 2.68. The quantitative estimate of drug-likeness (QED) is 0.938. The Bertz CT molecular complexity index is 670. The largest absolute Gasteiger partial charge is 0.483 e. The summed E-state index contributed by atoms with van der Waals surface area (Å²) in [4.78, 5) is 11.2. The molecule has 1 aromatic carbocycles. The second-order valence-corrected chi connectivity index (χ2v) is 4.92. The predicted molar refractivity (Wildman–Crippen MR) is 73.5 cm³/mol. The molecule has 20 heavy (non-hydrogen) atoms. The molecule has 0 aliphatic rings. The van der Waals surface area contributed by atoms with E-state index < -0.39 is 5.97 Å². The van der Waals surface area contributed by atoms with E-state index in [1.165, 1.54) is 12.1 Å². The van der Waals surface area contributed by atoms with E-state index in [-0.39, 0.29) is 28.0 Å². The third-order valence-corrected chi connectivity index (χ3v) is 3.27. The van der Waals surface area contributed by atoms with Crippen molar-refractivity contribution < 1.29 is 14.6 Å². The van der Waals surface area contributed by atoms with Gasteiger partial charge in [-0.1, -0.05) is 23.2 Å². The van der Waals surface area contributed by atoms with E-state index in [9.17, 15) is 4.79 Å². The lowest BCUT2D eigenvalue weighted by atomic mass is 10.2. The standard InChI is InChI=1S/C12H11Cl2N3O3/c1-6-15-16-10(17(6)2)5-20-11-8(12(18)19)3-7(13)4-9(11)14/h3-4H,5H2,1-2H3,(H,18,19). The first-order chi connectivity index (χ1) is 9.40. The third kappa shape index (κ3) is 2.86. The highest BCUT2D eigenvalue weighted by Crippen LogP contribution is 2.33. The molecule has 0 spiro atoms. The van der Waals surface area contributed by atoms with Gasteiger partial charge in [-0.05, 0) is 19.1 Å². The molecule has 0 bridgehead atoms. The number of halogens is 2. The Hall–Kier alpha value is -1.79. The first-order valence-electron chi connectivity index (χ1n) is 5.60. The molecule has 6 nitrogen and oxygen atoms in total. The minimum Gasteiger partial charge on any atom is -0.483 e. The molecule has 1 N–H and O–H groups in total. The van der Waals surface area contributed by atoms with Crippen LogP contribution in [0.15, 0.2) is 12.1 Å². The number of carbonyl (C=O) groups is 1. The number of aromatic carboxylic acids is 1. The number of aryl methyl sites for hydroxylation is 1. The van der Waals surface area contributed by atoms with Crippen LogP contribution >= 0.6 is 23.2 Å². The molecule has 0 atom stereocenters. The van der Waals surface area contributed by atoms with E-state index in [1.807, 2.05) is 0 Å². The maximum Gasteiger partial charge on any atom is 0.339 e. The van der Waals surface area contributed by atoms with Gasteiger partial charge in [0.25, 0.3) is 0 Å². The lowest BCUT2D eigenvalue weighted by Crippen LogP contribution is -2.08. The zero-order chi connectivity index (χ0) is 14.9. The summed E-state index contributed by atoms with van der Waals surface area (Å²) in [5.41, 5.74) is -0.0959. The fourth-order valence-electron chi connectivity index (χ4n) is 1.58. The number of aromatic nitrogens is 3. The summed E-state index contributed by atoms with van der Waals surface area (Å²) in [6.45, 7) is 1.85. The molecule has 0 unspecified atom stereocenters. The van der Waals surface area contributed by atoms with Gasteiger partial charge in [-0.3, -0.25) is 0 Å². The van der Waals surface area contributed by atoms with Crippen LogP contribution in [0.5, 0.6) is 5.75 Å². The van der Waals surface area contributed by atoms with Gasteiger partial charge in [0, 0.05) is 12.1 Å². The number of nitrogens with zero attached hydrogens (tertiary/aromatic N) is 3. The molecule has 0 saturated carbocycles. The predicted octanol–water partition coefficient (Wildman–Crippen LogP) is 2.71. The van der Waals surface area contributed by atoms with Gasteiger partial charge >= 0.3 is 5.97 Å². The Labute approximate surface area is 124 Å². The van der Waals surface area contributed by atoms with Gasteiger partial charge in [-0.25, -0.2) is 4.79 Å². The normalized spacial score (nSPS) is 10.6. The van der Waals surface area contributed by atoms with Crippen LogP contribution in [-0.4, -0.2) is 25.8 Å². The lowest BCUT2D eigenvalue weighted by molar-refractivity contribution is 0.0691. The molecule has 0 aliphatic heterocycles. The number of carboxylic acid groups (broad SMARTS) is 1. The maximum atomic E-state index is 11.2. The first kappa shape index (κ1) is 14.6. The second-order valence-electron chi connectivity index (χ2n) is 4.08. The molecular formula is C12H11Cl2N3O3. The summed E-state index contributed by atoms with van der Waals surface area (Å²) < 4.78 is 7.21. The van der Waals surface area contributed by atoms with Crippen LogP contribution in [0.3, 0.4) is 0 Å². The molecule has 106 valence electrons. The topological polar surface area (TPSA) is 77.2 Å². The summed E-state index contributed by atoms with van der Waals surface area (Å²) in [5.74, 6) is 0.178. The summed E-state index contributed by atoms with van der Waals surface area (Å²) in [5, 5.41) is 17.3. The van der Waals surface area contributed by atoms with Crippen LogP contribution < -0.4 is 4.74 Å². The summed E-state index contributed by atoms with van der Waals surface area (Å²) in [6.07, 6.45) is 0. The van der Waals surface area contributed by atoms with Crippen molar-refractivity contribution in [1.82, 2.24) is 14.8 Å². The molecule has 0 radical (unpaired) electrons. The van der Waals surface area contributed by atoms with Gasteiger partial charge in [-0.2, -0.15) is 0 Å². The minimum atomic E-state index is -1.17. The fraction of sp³-hybridized carbons (Fsp3) is 0.250.